The van der Waals surface area contributed by atoms with E-state index in [1.807, 2.05) is 7.05 Å². The molecule has 0 aliphatic carbocycles. The largest absolute Gasteiger partial charge is 0.319 e. The van der Waals surface area contributed by atoms with Crippen LogP contribution in [0.2, 0.25) is 0 Å². The minimum absolute atomic E-state index is 0.454. The summed E-state index contributed by atoms with van der Waals surface area (Å²) >= 11 is 0. The van der Waals surface area contributed by atoms with E-state index in [-0.39, 0.29) is 0 Å². The van der Waals surface area contributed by atoms with E-state index in [9.17, 15) is 8.78 Å². The predicted octanol–water partition coefficient (Wildman–Crippen LogP) is 2.01. The Kier molecular flexibility index (Phi) is 4.07. The predicted molar refractivity (Wildman–Crippen MR) is 63.7 cm³/mol. The number of nitrogens with zero attached hydrogens (tertiary/aromatic N) is 1. The van der Waals surface area contributed by atoms with Crippen molar-refractivity contribution >= 4 is 0 Å². The van der Waals surface area contributed by atoms with Gasteiger partial charge in [-0.3, -0.25) is 4.90 Å². The fraction of sp³-hybridized carbons (Fsp3) is 0.538. The number of hydrogen-bond acceptors (Lipinski definition) is 2. The van der Waals surface area contributed by atoms with Gasteiger partial charge < -0.3 is 5.32 Å². The monoisotopic (exact) mass is 240 g/mol. The van der Waals surface area contributed by atoms with E-state index < -0.39 is 11.6 Å². The first-order valence-electron chi connectivity index (χ1n) is 6.00. The van der Waals surface area contributed by atoms with Crippen molar-refractivity contribution in [2.24, 2.45) is 5.92 Å². The maximum atomic E-state index is 13.5. The zero-order valence-corrected chi connectivity index (χ0v) is 10.0. The molecule has 1 aromatic carbocycles. The maximum Gasteiger partial charge on any atom is 0.163 e. The number of halogens is 2. The van der Waals surface area contributed by atoms with Crippen LogP contribution in [0.3, 0.4) is 0 Å². The number of nitrogens with one attached hydrogen (secondary N) is 1. The second-order valence-corrected chi connectivity index (χ2v) is 4.66. The van der Waals surface area contributed by atoms with E-state index in [1.165, 1.54) is 0 Å². The molecule has 1 saturated heterocycles. The molecule has 0 radical (unpaired) electrons. The third kappa shape index (κ3) is 3.01. The van der Waals surface area contributed by atoms with Crippen LogP contribution >= 0.6 is 0 Å². The summed E-state index contributed by atoms with van der Waals surface area (Å²) in [5.74, 6) is -0.838. The Balaban J connectivity index is 1.96. The van der Waals surface area contributed by atoms with Gasteiger partial charge in [0.15, 0.2) is 11.6 Å². The molecule has 0 bridgehead atoms. The fourth-order valence-corrected chi connectivity index (χ4v) is 2.42. The molecule has 0 aromatic heterocycles. The minimum Gasteiger partial charge on any atom is -0.319 e. The van der Waals surface area contributed by atoms with Gasteiger partial charge in [0, 0.05) is 18.7 Å². The van der Waals surface area contributed by atoms with Crippen LogP contribution in [-0.4, -0.2) is 31.6 Å². The molecular weight excluding hydrogens is 222 g/mol. The smallest absolute Gasteiger partial charge is 0.163 e. The number of benzene rings is 1. The minimum atomic E-state index is -0.756. The van der Waals surface area contributed by atoms with Gasteiger partial charge in [-0.1, -0.05) is 12.1 Å². The first kappa shape index (κ1) is 12.5. The summed E-state index contributed by atoms with van der Waals surface area (Å²) in [6.45, 7) is 3.41. The quantitative estimate of drug-likeness (QED) is 0.866. The summed E-state index contributed by atoms with van der Waals surface area (Å²) in [6, 6.07) is 4.38. The molecule has 17 heavy (non-hydrogen) atoms. The summed E-state index contributed by atoms with van der Waals surface area (Å²) in [4.78, 5) is 2.18. The zero-order valence-electron chi connectivity index (χ0n) is 10.0. The van der Waals surface area contributed by atoms with Crippen molar-refractivity contribution in [1.82, 2.24) is 10.2 Å². The lowest BCUT2D eigenvalue weighted by atomic mass is 10.1. The summed E-state index contributed by atoms with van der Waals surface area (Å²) in [5.41, 5.74) is 0.454. The molecule has 1 heterocycles. The molecule has 4 heteroatoms. The van der Waals surface area contributed by atoms with Gasteiger partial charge in [-0.15, -0.1) is 0 Å². The normalized spacial score (nSPS) is 21.0. The highest BCUT2D eigenvalue weighted by molar-refractivity contribution is 5.19. The molecule has 1 N–H and O–H groups in total. The Morgan fingerprint density at radius 3 is 3.00 bits per heavy atom. The second-order valence-electron chi connectivity index (χ2n) is 4.66. The van der Waals surface area contributed by atoms with Crippen molar-refractivity contribution in [2.75, 3.05) is 26.7 Å². The van der Waals surface area contributed by atoms with Gasteiger partial charge in [-0.05, 0) is 38.5 Å². The fourth-order valence-electron chi connectivity index (χ4n) is 2.42. The van der Waals surface area contributed by atoms with Crippen LogP contribution in [0.4, 0.5) is 8.78 Å². The molecule has 94 valence electrons. The molecule has 1 atom stereocenters. The Labute approximate surface area is 101 Å². The van der Waals surface area contributed by atoms with Crippen molar-refractivity contribution in [2.45, 2.75) is 13.0 Å². The second kappa shape index (κ2) is 5.56. The van der Waals surface area contributed by atoms with Crippen LogP contribution in [0, 0.1) is 17.6 Å². The van der Waals surface area contributed by atoms with Crippen molar-refractivity contribution in [3.8, 4) is 0 Å². The van der Waals surface area contributed by atoms with Crippen molar-refractivity contribution in [1.29, 1.82) is 0 Å². The van der Waals surface area contributed by atoms with Crippen molar-refractivity contribution in [3.05, 3.63) is 35.4 Å². The van der Waals surface area contributed by atoms with E-state index in [0.29, 0.717) is 18.0 Å². The van der Waals surface area contributed by atoms with Crippen LogP contribution in [0.25, 0.3) is 0 Å². The molecule has 0 spiro atoms. The third-order valence-corrected chi connectivity index (χ3v) is 3.29. The first-order valence-corrected chi connectivity index (χ1v) is 6.00. The van der Waals surface area contributed by atoms with Gasteiger partial charge in [0.1, 0.15) is 0 Å². The van der Waals surface area contributed by atoms with Gasteiger partial charge in [0.05, 0.1) is 0 Å². The van der Waals surface area contributed by atoms with Crippen molar-refractivity contribution in [3.63, 3.8) is 0 Å². The van der Waals surface area contributed by atoms with Gasteiger partial charge in [0.2, 0.25) is 0 Å². The summed E-state index contributed by atoms with van der Waals surface area (Å²) in [6.07, 6.45) is 1.12. The Morgan fingerprint density at radius 2 is 2.24 bits per heavy atom. The highest BCUT2D eigenvalue weighted by atomic mass is 19.2. The van der Waals surface area contributed by atoms with E-state index in [4.69, 9.17) is 0 Å². The first-order chi connectivity index (χ1) is 8.20. The van der Waals surface area contributed by atoms with Crippen LogP contribution in [0.5, 0.6) is 0 Å². The Morgan fingerprint density at radius 1 is 1.41 bits per heavy atom. The Hall–Kier alpha value is -1.00. The van der Waals surface area contributed by atoms with Gasteiger partial charge in [-0.2, -0.15) is 0 Å². The molecule has 1 aliphatic heterocycles. The number of hydrogen-bond donors (Lipinski definition) is 1. The van der Waals surface area contributed by atoms with E-state index >= 15 is 0 Å². The average Bonchev–Trinajstić information content (AvgIpc) is 2.73. The molecular formula is C13H18F2N2. The number of likely N-dealkylation sites (tertiary alicyclic amines) is 1. The molecule has 1 fully saturated rings. The van der Waals surface area contributed by atoms with Crippen LogP contribution in [0.1, 0.15) is 12.0 Å². The van der Waals surface area contributed by atoms with Crippen molar-refractivity contribution < 1.29 is 8.78 Å². The molecule has 1 aromatic rings. The molecule has 1 unspecified atom stereocenters. The molecule has 0 amide bonds. The van der Waals surface area contributed by atoms with Gasteiger partial charge in [-0.25, -0.2) is 8.78 Å². The Bertz CT molecular complexity index is 382. The topological polar surface area (TPSA) is 15.3 Å². The van der Waals surface area contributed by atoms with E-state index in [0.717, 1.165) is 32.1 Å². The van der Waals surface area contributed by atoms with E-state index in [2.05, 4.69) is 10.2 Å². The highest BCUT2D eigenvalue weighted by Gasteiger charge is 2.22. The molecule has 2 nitrogen and oxygen atoms in total. The lowest BCUT2D eigenvalue weighted by molar-refractivity contribution is 0.308. The lowest BCUT2D eigenvalue weighted by Crippen LogP contribution is -2.24. The summed E-state index contributed by atoms with van der Waals surface area (Å²) in [7, 11) is 1.94. The maximum absolute atomic E-state index is 13.5. The van der Waals surface area contributed by atoms with Crippen LogP contribution in [0.15, 0.2) is 18.2 Å². The van der Waals surface area contributed by atoms with Crippen LogP contribution in [-0.2, 0) is 6.54 Å². The highest BCUT2D eigenvalue weighted by Crippen LogP contribution is 2.20. The SMILES string of the molecule is CNCC1CCN(Cc2cccc(F)c2F)C1. The molecule has 1 aliphatic rings. The number of rotatable bonds is 4. The van der Waals surface area contributed by atoms with Gasteiger partial charge in [0.25, 0.3) is 0 Å². The van der Waals surface area contributed by atoms with E-state index in [1.54, 1.807) is 12.1 Å². The lowest BCUT2D eigenvalue weighted by Gasteiger charge is -2.16. The molecule has 0 saturated carbocycles. The zero-order chi connectivity index (χ0) is 12.3. The average molecular weight is 240 g/mol. The molecule has 2 rings (SSSR count). The van der Waals surface area contributed by atoms with Gasteiger partial charge >= 0.3 is 0 Å². The summed E-state index contributed by atoms with van der Waals surface area (Å²) in [5, 5.41) is 3.15. The standard InChI is InChI=1S/C13H18F2N2/c1-16-7-10-5-6-17(8-10)9-11-3-2-4-12(14)13(11)15/h2-4,10,16H,5-9H2,1H3. The summed E-state index contributed by atoms with van der Waals surface area (Å²) < 4.78 is 26.5. The third-order valence-electron chi connectivity index (χ3n) is 3.29. The van der Waals surface area contributed by atoms with Crippen LogP contribution < -0.4 is 5.32 Å².